The maximum Gasteiger partial charge on any atom is 0.224 e. The van der Waals surface area contributed by atoms with Crippen LogP contribution >= 0.6 is 0 Å². The van der Waals surface area contributed by atoms with Gasteiger partial charge in [0.05, 0.1) is 0 Å². The first-order valence-electron chi connectivity index (χ1n) is 8.33. The lowest BCUT2D eigenvalue weighted by Gasteiger charge is -2.28. The molecule has 0 spiro atoms. The van der Waals surface area contributed by atoms with Crippen molar-refractivity contribution in [3.63, 3.8) is 0 Å². The van der Waals surface area contributed by atoms with Crippen LogP contribution in [0.3, 0.4) is 0 Å². The van der Waals surface area contributed by atoms with E-state index in [9.17, 15) is 9.59 Å². The van der Waals surface area contributed by atoms with Crippen molar-refractivity contribution in [2.75, 3.05) is 11.9 Å². The fourth-order valence-electron chi connectivity index (χ4n) is 3.01. The number of nitrogens with zero attached hydrogens (tertiary/aromatic N) is 1. The lowest BCUT2D eigenvalue weighted by atomic mass is 9.99. The van der Waals surface area contributed by atoms with Crippen LogP contribution in [-0.2, 0) is 22.6 Å². The fraction of sp³-hybridized carbons (Fsp3) is 0.300. The van der Waals surface area contributed by atoms with E-state index in [2.05, 4.69) is 17.4 Å². The molecule has 0 atom stereocenters. The van der Waals surface area contributed by atoms with Crippen molar-refractivity contribution in [1.82, 2.24) is 4.90 Å². The summed E-state index contributed by atoms with van der Waals surface area (Å²) < 4.78 is 0. The molecule has 0 aromatic heterocycles. The Kier molecular flexibility index (Phi) is 4.94. The number of carbonyl (C=O) groups excluding carboxylic acids is 2. The molecule has 2 aromatic rings. The molecule has 2 aromatic carbocycles. The number of para-hydroxylation sites is 1. The standard InChI is InChI=1S/C20H22N2O2/c1-15-6-2-5-9-18(15)21-19(23)10-11-20(24)22-13-12-16-7-3-4-8-17(16)14-22/h2-9H,10-14H2,1H3,(H,21,23). The van der Waals surface area contributed by atoms with E-state index in [1.54, 1.807) is 0 Å². The first kappa shape index (κ1) is 16.2. The summed E-state index contributed by atoms with van der Waals surface area (Å²) in [6, 6.07) is 15.9. The molecule has 2 amide bonds. The molecule has 0 saturated heterocycles. The van der Waals surface area contributed by atoms with E-state index in [0.717, 1.165) is 24.2 Å². The van der Waals surface area contributed by atoms with E-state index in [-0.39, 0.29) is 24.7 Å². The third kappa shape index (κ3) is 3.82. The van der Waals surface area contributed by atoms with Crippen molar-refractivity contribution in [3.05, 3.63) is 65.2 Å². The molecule has 1 aliphatic heterocycles. The van der Waals surface area contributed by atoms with Crippen LogP contribution in [-0.4, -0.2) is 23.3 Å². The summed E-state index contributed by atoms with van der Waals surface area (Å²) in [6.45, 7) is 3.33. The zero-order valence-corrected chi connectivity index (χ0v) is 13.9. The minimum Gasteiger partial charge on any atom is -0.338 e. The highest BCUT2D eigenvalue weighted by molar-refractivity contribution is 5.93. The number of carbonyl (C=O) groups is 2. The van der Waals surface area contributed by atoms with Crippen LogP contribution in [0.1, 0.15) is 29.5 Å². The monoisotopic (exact) mass is 322 g/mol. The van der Waals surface area contributed by atoms with Crippen LogP contribution in [0, 0.1) is 6.92 Å². The highest BCUT2D eigenvalue weighted by Crippen LogP contribution is 2.19. The van der Waals surface area contributed by atoms with Crippen LogP contribution in [0.4, 0.5) is 5.69 Å². The summed E-state index contributed by atoms with van der Waals surface area (Å²) in [5.74, 6) is -0.0699. The second kappa shape index (κ2) is 7.30. The first-order chi connectivity index (χ1) is 11.6. The van der Waals surface area contributed by atoms with E-state index < -0.39 is 0 Å². The predicted octanol–water partition coefficient (Wildman–Crippen LogP) is 3.30. The lowest BCUT2D eigenvalue weighted by molar-refractivity contribution is -0.133. The Balaban J connectivity index is 1.51. The van der Waals surface area contributed by atoms with Crippen molar-refractivity contribution >= 4 is 17.5 Å². The van der Waals surface area contributed by atoms with Gasteiger partial charge in [0.25, 0.3) is 0 Å². The van der Waals surface area contributed by atoms with Crippen LogP contribution in [0.5, 0.6) is 0 Å². The van der Waals surface area contributed by atoms with Gasteiger partial charge in [0.2, 0.25) is 11.8 Å². The number of amides is 2. The summed E-state index contributed by atoms with van der Waals surface area (Å²) in [5, 5.41) is 2.87. The van der Waals surface area contributed by atoms with Crippen molar-refractivity contribution in [2.45, 2.75) is 32.7 Å². The van der Waals surface area contributed by atoms with Crippen LogP contribution < -0.4 is 5.32 Å². The van der Waals surface area contributed by atoms with Gasteiger partial charge in [0.15, 0.2) is 0 Å². The van der Waals surface area contributed by atoms with Crippen molar-refractivity contribution < 1.29 is 9.59 Å². The Bertz CT molecular complexity index is 755. The summed E-state index contributed by atoms with van der Waals surface area (Å²) in [4.78, 5) is 26.3. The molecule has 0 unspecified atom stereocenters. The van der Waals surface area contributed by atoms with Gasteiger partial charge in [-0.2, -0.15) is 0 Å². The predicted molar refractivity (Wildman–Crippen MR) is 94.6 cm³/mol. The number of hydrogen-bond acceptors (Lipinski definition) is 2. The number of benzene rings is 2. The molecular formula is C20H22N2O2. The Morgan fingerprint density at radius 2 is 1.71 bits per heavy atom. The minimum atomic E-state index is -0.116. The van der Waals surface area contributed by atoms with Crippen molar-refractivity contribution in [1.29, 1.82) is 0 Å². The fourth-order valence-corrected chi connectivity index (χ4v) is 3.01. The minimum absolute atomic E-state index is 0.0458. The summed E-state index contributed by atoms with van der Waals surface area (Å²) >= 11 is 0. The van der Waals surface area contributed by atoms with Gasteiger partial charge in [-0.15, -0.1) is 0 Å². The Morgan fingerprint density at radius 3 is 2.50 bits per heavy atom. The smallest absolute Gasteiger partial charge is 0.224 e. The molecule has 3 rings (SSSR count). The maximum atomic E-state index is 12.4. The van der Waals surface area contributed by atoms with E-state index in [1.807, 2.05) is 48.2 Å². The van der Waals surface area contributed by atoms with Gasteiger partial charge >= 0.3 is 0 Å². The number of hydrogen-bond donors (Lipinski definition) is 1. The number of rotatable bonds is 4. The molecule has 0 bridgehead atoms. The number of anilines is 1. The van der Waals surface area contributed by atoms with Gasteiger partial charge in [-0.1, -0.05) is 42.5 Å². The zero-order chi connectivity index (χ0) is 16.9. The van der Waals surface area contributed by atoms with E-state index >= 15 is 0 Å². The van der Waals surface area contributed by atoms with Crippen LogP contribution in [0.2, 0.25) is 0 Å². The average molecular weight is 322 g/mol. The van der Waals surface area contributed by atoms with Gasteiger partial charge in [0.1, 0.15) is 0 Å². The van der Waals surface area contributed by atoms with Gasteiger partial charge in [0, 0.05) is 31.6 Å². The lowest BCUT2D eigenvalue weighted by Crippen LogP contribution is -2.36. The van der Waals surface area contributed by atoms with Gasteiger partial charge in [-0.3, -0.25) is 9.59 Å². The molecule has 1 heterocycles. The second-order valence-electron chi connectivity index (χ2n) is 6.20. The van der Waals surface area contributed by atoms with Gasteiger partial charge in [-0.25, -0.2) is 0 Å². The normalized spacial score (nSPS) is 13.3. The second-order valence-corrected chi connectivity index (χ2v) is 6.20. The molecule has 0 aliphatic carbocycles. The first-order valence-corrected chi connectivity index (χ1v) is 8.33. The number of fused-ring (bicyclic) bond motifs is 1. The molecule has 4 heteroatoms. The number of nitrogens with one attached hydrogen (secondary N) is 1. The molecule has 4 nitrogen and oxygen atoms in total. The summed E-state index contributed by atoms with van der Waals surface area (Å²) in [5.41, 5.74) is 4.35. The van der Waals surface area contributed by atoms with Crippen LogP contribution in [0.25, 0.3) is 0 Å². The molecule has 0 fully saturated rings. The Hall–Kier alpha value is -2.62. The number of aryl methyl sites for hydroxylation is 1. The molecule has 0 radical (unpaired) electrons. The maximum absolute atomic E-state index is 12.4. The van der Waals surface area contributed by atoms with E-state index in [4.69, 9.17) is 0 Å². The summed E-state index contributed by atoms with van der Waals surface area (Å²) in [6.07, 6.45) is 1.35. The summed E-state index contributed by atoms with van der Waals surface area (Å²) in [7, 11) is 0. The van der Waals surface area contributed by atoms with Crippen molar-refractivity contribution in [2.24, 2.45) is 0 Å². The molecule has 1 aliphatic rings. The quantitative estimate of drug-likeness (QED) is 0.939. The van der Waals surface area contributed by atoms with E-state index in [0.29, 0.717) is 6.54 Å². The van der Waals surface area contributed by atoms with Gasteiger partial charge in [-0.05, 0) is 36.1 Å². The molecule has 24 heavy (non-hydrogen) atoms. The average Bonchev–Trinajstić information content (AvgIpc) is 2.61. The molecular weight excluding hydrogens is 300 g/mol. The molecule has 0 saturated carbocycles. The molecule has 1 N–H and O–H groups in total. The Labute approximate surface area is 142 Å². The van der Waals surface area contributed by atoms with Gasteiger partial charge < -0.3 is 10.2 Å². The largest absolute Gasteiger partial charge is 0.338 e. The highest BCUT2D eigenvalue weighted by atomic mass is 16.2. The zero-order valence-electron chi connectivity index (χ0n) is 13.9. The van der Waals surface area contributed by atoms with E-state index in [1.165, 1.54) is 11.1 Å². The topological polar surface area (TPSA) is 49.4 Å². The highest BCUT2D eigenvalue weighted by Gasteiger charge is 2.20. The SMILES string of the molecule is Cc1ccccc1NC(=O)CCC(=O)N1CCc2ccccc2C1. The van der Waals surface area contributed by atoms with Crippen LogP contribution in [0.15, 0.2) is 48.5 Å². The third-order valence-corrected chi connectivity index (χ3v) is 4.47. The Morgan fingerprint density at radius 1 is 1.00 bits per heavy atom. The molecule has 124 valence electrons. The van der Waals surface area contributed by atoms with Crippen molar-refractivity contribution in [3.8, 4) is 0 Å². The third-order valence-electron chi connectivity index (χ3n) is 4.47.